The average molecular weight is 511 g/mol. The number of halogens is 3. The number of hydrogen-bond donors (Lipinski definition) is 0. The lowest BCUT2D eigenvalue weighted by Gasteiger charge is -2.13. The van der Waals surface area contributed by atoms with Gasteiger partial charge in [0, 0.05) is 39.3 Å². The van der Waals surface area contributed by atoms with E-state index in [2.05, 4.69) is 0 Å². The van der Waals surface area contributed by atoms with Gasteiger partial charge in [0.2, 0.25) is 0 Å². The van der Waals surface area contributed by atoms with E-state index in [1.807, 2.05) is 35.0 Å². The Kier molecular flexibility index (Phi) is 6.21. The third-order valence-corrected chi connectivity index (χ3v) is 7.08. The number of rotatable bonds is 5. The van der Waals surface area contributed by atoms with Crippen LogP contribution in [0.15, 0.2) is 77.8 Å². The van der Waals surface area contributed by atoms with Gasteiger partial charge in [-0.2, -0.15) is 0 Å². The van der Waals surface area contributed by atoms with E-state index in [9.17, 15) is 14.0 Å². The van der Waals surface area contributed by atoms with Crippen LogP contribution in [0.25, 0.3) is 17.0 Å². The van der Waals surface area contributed by atoms with Gasteiger partial charge in [-0.05, 0) is 59.3 Å². The second-order valence-corrected chi connectivity index (χ2v) is 9.70. The third-order valence-electron chi connectivity index (χ3n) is 5.59. The van der Waals surface area contributed by atoms with Crippen LogP contribution in [0.2, 0.25) is 10.0 Å². The summed E-state index contributed by atoms with van der Waals surface area (Å²) in [7, 11) is 0. The molecule has 2 amide bonds. The van der Waals surface area contributed by atoms with Crippen LogP contribution in [0.4, 0.5) is 9.18 Å². The topological polar surface area (TPSA) is 42.3 Å². The van der Waals surface area contributed by atoms with Crippen molar-refractivity contribution in [3.05, 3.63) is 110 Å². The molecule has 0 radical (unpaired) electrons. The van der Waals surface area contributed by atoms with E-state index in [0.29, 0.717) is 27.1 Å². The predicted octanol–water partition coefficient (Wildman–Crippen LogP) is 7.37. The minimum atomic E-state index is -0.364. The van der Waals surface area contributed by atoms with Gasteiger partial charge in [0.1, 0.15) is 5.82 Å². The van der Waals surface area contributed by atoms with Crippen LogP contribution in [0.5, 0.6) is 0 Å². The summed E-state index contributed by atoms with van der Waals surface area (Å²) < 4.78 is 15.3. The summed E-state index contributed by atoms with van der Waals surface area (Å²) in [6, 6.07) is 19.2. The Morgan fingerprint density at radius 3 is 2.47 bits per heavy atom. The Morgan fingerprint density at radius 2 is 1.71 bits per heavy atom. The standard InChI is InChI=1S/C26H17Cl2FN2O2S/c27-19-8-7-17(22(28)12-19)15-31-25(32)24(34-26(31)33)11-18-14-30(23-4-2-1-3-21(18)23)13-16-5-9-20(29)10-6-16/h1-12,14H,13,15H2/b24-11-. The van der Waals surface area contributed by atoms with E-state index in [0.717, 1.165) is 33.8 Å². The molecule has 8 heteroatoms. The molecule has 0 bridgehead atoms. The first-order valence-electron chi connectivity index (χ1n) is 10.4. The summed E-state index contributed by atoms with van der Waals surface area (Å²) >= 11 is 13.1. The van der Waals surface area contributed by atoms with Gasteiger partial charge in [-0.3, -0.25) is 14.5 Å². The second-order valence-electron chi connectivity index (χ2n) is 7.86. The van der Waals surface area contributed by atoms with Crippen molar-refractivity contribution in [1.82, 2.24) is 9.47 Å². The van der Waals surface area contributed by atoms with Crippen molar-refractivity contribution in [1.29, 1.82) is 0 Å². The second kappa shape index (κ2) is 9.29. The lowest BCUT2D eigenvalue weighted by atomic mass is 10.1. The SMILES string of the molecule is O=C1S/C(=C\c2cn(Cc3ccc(F)cc3)c3ccccc23)C(=O)N1Cc1ccc(Cl)cc1Cl. The Labute approximate surface area is 209 Å². The summed E-state index contributed by atoms with van der Waals surface area (Å²) in [5.74, 6) is -0.645. The van der Waals surface area contributed by atoms with Crippen LogP contribution < -0.4 is 0 Å². The number of fused-ring (bicyclic) bond motifs is 1. The van der Waals surface area contributed by atoms with Crippen LogP contribution in [0.3, 0.4) is 0 Å². The highest BCUT2D eigenvalue weighted by Gasteiger charge is 2.35. The molecule has 0 spiro atoms. The van der Waals surface area contributed by atoms with Crippen molar-refractivity contribution in [2.45, 2.75) is 13.1 Å². The van der Waals surface area contributed by atoms with Crippen molar-refractivity contribution in [3.63, 3.8) is 0 Å². The fourth-order valence-corrected chi connectivity index (χ4v) is 5.20. The summed E-state index contributed by atoms with van der Waals surface area (Å²) in [6.07, 6.45) is 3.69. The molecule has 170 valence electrons. The molecule has 1 fully saturated rings. The molecule has 4 nitrogen and oxygen atoms in total. The van der Waals surface area contributed by atoms with E-state index in [1.165, 1.54) is 17.0 Å². The number of benzene rings is 3. The van der Waals surface area contributed by atoms with Crippen molar-refractivity contribution in [2.24, 2.45) is 0 Å². The molecule has 5 rings (SSSR count). The average Bonchev–Trinajstić information content (AvgIpc) is 3.29. The quantitative estimate of drug-likeness (QED) is 0.263. The number of hydrogen-bond acceptors (Lipinski definition) is 3. The molecule has 1 saturated heterocycles. The van der Waals surface area contributed by atoms with Gasteiger partial charge in [0.05, 0.1) is 11.4 Å². The fourth-order valence-electron chi connectivity index (χ4n) is 3.91. The highest BCUT2D eigenvalue weighted by atomic mass is 35.5. The van der Waals surface area contributed by atoms with Crippen LogP contribution in [0.1, 0.15) is 16.7 Å². The Balaban J connectivity index is 1.45. The fraction of sp³-hybridized carbons (Fsp3) is 0.0769. The maximum atomic E-state index is 13.3. The van der Waals surface area contributed by atoms with Crippen molar-refractivity contribution in [2.75, 3.05) is 0 Å². The Hall–Kier alpha value is -3.06. The van der Waals surface area contributed by atoms with Crippen LogP contribution in [0, 0.1) is 5.82 Å². The molecule has 0 N–H and O–H groups in total. The zero-order valence-electron chi connectivity index (χ0n) is 17.7. The van der Waals surface area contributed by atoms with E-state index in [1.54, 1.807) is 36.4 Å². The smallest absolute Gasteiger partial charge is 0.293 e. The number of carbonyl (C=O) groups is 2. The van der Waals surface area contributed by atoms with Gasteiger partial charge in [0.25, 0.3) is 11.1 Å². The van der Waals surface area contributed by atoms with Crippen LogP contribution in [-0.4, -0.2) is 20.6 Å². The maximum Gasteiger partial charge on any atom is 0.293 e. The monoisotopic (exact) mass is 510 g/mol. The number of para-hydroxylation sites is 1. The molecule has 1 aliphatic rings. The molecular weight excluding hydrogens is 494 g/mol. The van der Waals surface area contributed by atoms with E-state index in [4.69, 9.17) is 23.2 Å². The van der Waals surface area contributed by atoms with Crippen LogP contribution in [-0.2, 0) is 17.9 Å². The Bertz CT molecular complexity index is 1460. The number of imide groups is 1. The van der Waals surface area contributed by atoms with E-state index in [-0.39, 0.29) is 23.5 Å². The minimum Gasteiger partial charge on any atom is -0.342 e. The summed E-state index contributed by atoms with van der Waals surface area (Å²) in [6.45, 7) is 0.621. The first-order chi connectivity index (χ1) is 16.4. The van der Waals surface area contributed by atoms with Gasteiger partial charge >= 0.3 is 0 Å². The molecular formula is C26H17Cl2FN2O2S. The molecule has 1 aliphatic heterocycles. The van der Waals surface area contributed by atoms with Crippen LogP contribution >= 0.6 is 35.0 Å². The molecule has 0 saturated carbocycles. The largest absolute Gasteiger partial charge is 0.342 e. The molecule has 0 unspecified atom stereocenters. The summed E-state index contributed by atoms with van der Waals surface area (Å²) in [5.41, 5.74) is 3.40. The summed E-state index contributed by atoms with van der Waals surface area (Å²) in [5, 5.41) is 1.49. The number of nitrogens with zero attached hydrogens (tertiary/aromatic N) is 2. The number of amides is 2. The normalized spacial score (nSPS) is 15.1. The molecule has 4 aromatic rings. The molecule has 0 atom stereocenters. The molecule has 3 aromatic carbocycles. The number of carbonyl (C=O) groups excluding carboxylic acids is 2. The van der Waals surface area contributed by atoms with Crippen molar-refractivity contribution < 1.29 is 14.0 Å². The highest BCUT2D eigenvalue weighted by molar-refractivity contribution is 8.18. The molecule has 0 aliphatic carbocycles. The molecule has 2 heterocycles. The van der Waals surface area contributed by atoms with Gasteiger partial charge in [-0.15, -0.1) is 0 Å². The summed E-state index contributed by atoms with van der Waals surface area (Å²) in [4.78, 5) is 27.2. The van der Waals surface area contributed by atoms with Gasteiger partial charge in [-0.1, -0.05) is 59.6 Å². The molecule has 1 aromatic heterocycles. The minimum absolute atomic E-state index is 0.0737. The van der Waals surface area contributed by atoms with Gasteiger partial charge in [-0.25, -0.2) is 4.39 Å². The first-order valence-corrected chi connectivity index (χ1v) is 12.0. The van der Waals surface area contributed by atoms with E-state index < -0.39 is 0 Å². The van der Waals surface area contributed by atoms with Crippen molar-refractivity contribution in [3.8, 4) is 0 Å². The van der Waals surface area contributed by atoms with Crippen molar-refractivity contribution >= 4 is 63.1 Å². The van der Waals surface area contributed by atoms with Gasteiger partial charge < -0.3 is 4.57 Å². The first kappa shape index (κ1) is 22.7. The maximum absolute atomic E-state index is 13.3. The van der Waals surface area contributed by atoms with E-state index >= 15 is 0 Å². The Morgan fingerprint density at radius 1 is 0.941 bits per heavy atom. The predicted molar refractivity (Wildman–Crippen MR) is 135 cm³/mol. The lowest BCUT2D eigenvalue weighted by molar-refractivity contribution is -0.123. The zero-order valence-corrected chi connectivity index (χ0v) is 20.0. The third kappa shape index (κ3) is 4.49. The lowest BCUT2D eigenvalue weighted by Crippen LogP contribution is -2.27. The molecule has 34 heavy (non-hydrogen) atoms. The number of thioether (sulfide) groups is 1. The number of aromatic nitrogens is 1. The zero-order chi connectivity index (χ0) is 23.8. The van der Waals surface area contributed by atoms with Gasteiger partial charge in [0.15, 0.2) is 0 Å². The highest BCUT2D eigenvalue weighted by Crippen LogP contribution is 2.36.